The molecule has 0 atom stereocenters. The minimum absolute atomic E-state index is 0.117. The molecule has 1 aromatic rings. The zero-order valence-electron chi connectivity index (χ0n) is 6.04. The molecule has 0 saturated carbocycles. The molecule has 0 spiro atoms. The maximum Gasteiger partial charge on any atom is 0.149 e. The van der Waals surface area contributed by atoms with Crippen molar-refractivity contribution in [3.63, 3.8) is 0 Å². The summed E-state index contributed by atoms with van der Waals surface area (Å²) in [5.41, 5.74) is 1.07. The maximum absolute atomic E-state index is 11.0. The Morgan fingerprint density at radius 3 is 3.09 bits per heavy atom. The third kappa shape index (κ3) is 2.57. The number of carbonyl (C=O) groups is 1. The van der Waals surface area contributed by atoms with Crippen molar-refractivity contribution < 1.29 is 4.79 Å². The quantitative estimate of drug-likeness (QED) is 0.623. The van der Waals surface area contributed by atoms with Gasteiger partial charge in [-0.3, -0.25) is 4.79 Å². The van der Waals surface area contributed by atoms with Crippen LogP contribution in [0.15, 0.2) is 16.8 Å². The van der Waals surface area contributed by atoms with Gasteiger partial charge in [0.2, 0.25) is 0 Å². The Kier molecular flexibility index (Phi) is 2.88. The Morgan fingerprint density at radius 1 is 1.73 bits per heavy atom. The van der Waals surface area contributed by atoms with Crippen LogP contribution in [0.4, 0.5) is 0 Å². The van der Waals surface area contributed by atoms with E-state index in [9.17, 15) is 4.79 Å². The predicted molar refractivity (Wildman–Crippen MR) is 46.5 cm³/mol. The van der Waals surface area contributed by atoms with E-state index in [1.807, 2.05) is 16.8 Å². The summed E-state index contributed by atoms with van der Waals surface area (Å²) in [5.74, 6) is 2.45. The average Bonchev–Trinajstić information content (AvgIpc) is 2.40. The molecule has 11 heavy (non-hydrogen) atoms. The standard InChI is InChI=1S/C9H8OS/c1-2-3-9(10)6-8-4-5-11-7-8/h1,4-5,7H,3,6H2. The minimum atomic E-state index is 0.117. The molecule has 2 heteroatoms. The monoisotopic (exact) mass is 164 g/mol. The molecule has 1 nitrogen and oxygen atoms in total. The summed E-state index contributed by atoms with van der Waals surface area (Å²) in [6, 6.07) is 1.94. The van der Waals surface area contributed by atoms with Crippen molar-refractivity contribution >= 4 is 17.1 Å². The second kappa shape index (κ2) is 3.95. The number of carbonyl (C=O) groups excluding carboxylic acids is 1. The van der Waals surface area contributed by atoms with Gasteiger partial charge in [0.15, 0.2) is 0 Å². The van der Waals surface area contributed by atoms with E-state index in [0.717, 1.165) is 5.56 Å². The fourth-order valence-electron chi connectivity index (χ4n) is 0.797. The largest absolute Gasteiger partial charge is 0.298 e. The van der Waals surface area contributed by atoms with E-state index < -0.39 is 0 Å². The van der Waals surface area contributed by atoms with Crippen LogP contribution in [0, 0.1) is 12.3 Å². The molecule has 0 N–H and O–H groups in total. The Bertz CT molecular complexity index is 266. The van der Waals surface area contributed by atoms with E-state index in [1.54, 1.807) is 11.3 Å². The molecule has 0 unspecified atom stereocenters. The number of hydrogen-bond donors (Lipinski definition) is 0. The number of rotatable bonds is 3. The zero-order valence-corrected chi connectivity index (χ0v) is 6.86. The van der Waals surface area contributed by atoms with Crippen LogP contribution in [0.2, 0.25) is 0 Å². The van der Waals surface area contributed by atoms with Crippen molar-refractivity contribution in [1.29, 1.82) is 0 Å². The molecule has 0 amide bonds. The predicted octanol–water partition coefficient (Wildman–Crippen LogP) is 1.88. The van der Waals surface area contributed by atoms with Gasteiger partial charge in [-0.25, -0.2) is 0 Å². The number of hydrogen-bond acceptors (Lipinski definition) is 2. The van der Waals surface area contributed by atoms with Gasteiger partial charge in [-0.1, -0.05) is 5.92 Å². The van der Waals surface area contributed by atoms with E-state index in [-0.39, 0.29) is 12.2 Å². The lowest BCUT2D eigenvalue weighted by molar-refractivity contribution is -0.117. The first-order valence-corrected chi connectivity index (χ1v) is 4.23. The molecule has 0 fully saturated rings. The lowest BCUT2D eigenvalue weighted by atomic mass is 10.1. The van der Waals surface area contributed by atoms with Gasteiger partial charge < -0.3 is 0 Å². The van der Waals surface area contributed by atoms with E-state index in [1.165, 1.54) is 0 Å². The average molecular weight is 164 g/mol. The van der Waals surface area contributed by atoms with Crippen LogP contribution in [0.3, 0.4) is 0 Å². The molecule has 56 valence electrons. The first kappa shape index (κ1) is 8.03. The molecule has 1 rings (SSSR count). The minimum Gasteiger partial charge on any atom is -0.298 e. The summed E-state index contributed by atoms with van der Waals surface area (Å²) in [6.07, 6.45) is 5.72. The Morgan fingerprint density at radius 2 is 2.55 bits per heavy atom. The van der Waals surface area contributed by atoms with Crippen LogP contribution in [-0.4, -0.2) is 5.78 Å². The number of thiophene rings is 1. The van der Waals surface area contributed by atoms with Gasteiger partial charge in [-0.15, -0.1) is 6.42 Å². The lowest BCUT2D eigenvalue weighted by Crippen LogP contribution is -1.99. The van der Waals surface area contributed by atoms with E-state index in [0.29, 0.717) is 6.42 Å². The smallest absolute Gasteiger partial charge is 0.149 e. The van der Waals surface area contributed by atoms with Crippen LogP contribution in [0.1, 0.15) is 12.0 Å². The Balaban J connectivity index is 2.45. The molecule has 0 aliphatic carbocycles. The maximum atomic E-state index is 11.0. The molecular weight excluding hydrogens is 156 g/mol. The lowest BCUT2D eigenvalue weighted by Gasteiger charge is -1.91. The van der Waals surface area contributed by atoms with Crippen molar-refractivity contribution in [2.45, 2.75) is 12.8 Å². The molecule has 1 aromatic heterocycles. The fourth-order valence-corrected chi connectivity index (χ4v) is 1.47. The second-order valence-electron chi connectivity index (χ2n) is 2.23. The second-order valence-corrected chi connectivity index (χ2v) is 3.01. The van der Waals surface area contributed by atoms with Crippen molar-refractivity contribution in [3.05, 3.63) is 22.4 Å². The van der Waals surface area contributed by atoms with Crippen molar-refractivity contribution in [2.24, 2.45) is 0 Å². The first-order valence-electron chi connectivity index (χ1n) is 3.29. The van der Waals surface area contributed by atoms with Crippen molar-refractivity contribution in [1.82, 2.24) is 0 Å². The van der Waals surface area contributed by atoms with Crippen LogP contribution in [0.5, 0.6) is 0 Å². The van der Waals surface area contributed by atoms with Gasteiger partial charge >= 0.3 is 0 Å². The first-order chi connectivity index (χ1) is 5.33. The van der Waals surface area contributed by atoms with Gasteiger partial charge in [-0.2, -0.15) is 11.3 Å². The SMILES string of the molecule is C#CCC(=O)Cc1ccsc1. The van der Waals surface area contributed by atoms with E-state index in [4.69, 9.17) is 6.42 Å². The normalized spacial score (nSPS) is 9.00. The highest BCUT2D eigenvalue weighted by Gasteiger charge is 2.00. The Labute approximate surface area is 70.1 Å². The summed E-state index contributed by atoms with van der Waals surface area (Å²) < 4.78 is 0. The highest BCUT2D eigenvalue weighted by Crippen LogP contribution is 2.07. The van der Waals surface area contributed by atoms with Gasteiger partial charge in [0.05, 0.1) is 6.42 Å². The van der Waals surface area contributed by atoms with Crippen LogP contribution in [0.25, 0.3) is 0 Å². The zero-order chi connectivity index (χ0) is 8.10. The molecule has 0 aliphatic rings. The van der Waals surface area contributed by atoms with Crippen LogP contribution in [-0.2, 0) is 11.2 Å². The highest BCUT2D eigenvalue weighted by atomic mass is 32.1. The summed E-state index contributed by atoms with van der Waals surface area (Å²) >= 11 is 1.60. The molecule has 0 bridgehead atoms. The number of ketones is 1. The summed E-state index contributed by atoms with van der Waals surface area (Å²) in [6.45, 7) is 0. The number of Topliss-reactive ketones (excluding diaryl/α,β-unsaturated/α-hetero) is 1. The third-order valence-electron chi connectivity index (χ3n) is 1.28. The highest BCUT2D eigenvalue weighted by molar-refractivity contribution is 7.07. The Hall–Kier alpha value is -1.07. The number of terminal acetylenes is 1. The third-order valence-corrected chi connectivity index (χ3v) is 2.01. The molecule has 0 aliphatic heterocycles. The van der Waals surface area contributed by atoms with E-state index >= 15 is 0 Å². The summed E-state index contributed by atoms with van der Waals surface area (Å²) in [7, 11) is 0. The van der Waals surface area contributed by atoms with Gasteiger partial charge in [0.1, 0.15) is 5.78 Å². The van der Waals surface area contributed by atoms with Gasteiger partial charge in [0, 0.05) is 6.42 Å². The van der Waals surface area contributed by atoms with Gasteiger partial charge in [-0.05, 0) is 22.4 Å². The molecular formula is C9H8OS. The topological polar surface area (TPSA) is 17.1 Å². The van der Waals surface area contributed by atoms with Crippen molar-refractivity contribution in [3.8, 4) is 12.3 Å². The molecule has 0 radical (unpaired) electrons. The summed E-state index contributed by atoms with van der Waals surface area (Å²) in [5, 5.41) is 3.92. The van der Waals surface area contributed by atoms with Gasteiger partial charge in [0.25, 0.3) is 0 Å². The molecule has 0 aromatic carbocycles. The fraction of sp³-hybridized carbons (Fsp3) is 0.222. The summed E-state index contributed by atoms with van der Waals surface area (Å²) in [4.78, 5) is 11.0. The van der Waals surface area contributed by atoms with Crippen molar-refractivity contribution in [2.75, 3.05) is 0 Å². The van der Waals surface area contributed by atoms with Crippen LogP contribution >= 0.6 is 11.3 Å². The van der Waals surface area contributed by atoms with E-state index in [2.05, 4.69) is 5.92 Å². The molecule has 0 saturated heterocycles. The van der Waals surface area contributed by atoms with Crippen LogP contribution < -0.4 is 0 Å². The molecule has 1 heterocycles.